The van der Waals surface area contributed by atoms with Gasteiger partial charge in [0.15, 0.2) is 6.10 Å². The zero-order chi connectivity index (χ0) is 55.6. The number of quaternary nitrogens is 1. The lowest BCUT2D eigenvalue weighted by molar-refractivity contribution is -0.870. The van der Waals surface area contributed by atoms with Crippen molar-refractivity contribution in [2.45, 2.75) is 277 Å². The number of hydrogen-bond donors (Lipinski definition) is 0. The van der Waals surface area contributed by atoms with E-state index in [0.29, 0.717) is 17.4 Å². The molecule has 0 heterocycles. The largest absolute Gasteiger partial charge is 0.756 e. The standard InChI is InChI=1S/C66H118NO8P/c1-6-8-10-12-14-16-18-20-22-23-24-25-26-27-28-29-30-31-32-33-34-35-36-37-38-39-40-41-42-43-45-46-48-50-52-54-56-58-65(68)72-62-64(63-74-76(70,71)73-61-60-67(3,4)5)75-66(69)59-57-55-53-51-49-47-44-21-19-17-15-13-11-9-7-2/h9,11,15,17-18,20-21,23-24,44,49,51,55,57,64H,6-8,10,12-14,16,19,22,25-43,45-48,50,52-54,56,58-63H2,1-5H3/b11-9-,17-15-,20-18-,24-23-,44-21-,51-49-,57-55-. The highest BCUT2D eigenvalue weighted by Crippen LogP contribution is 2.38. The lowest BCUT2D eigenvalue weighted by Crippen LogP contribution is -2.37. The second kappa shape index (κ2) is 56.9. The normalized spacial score (nSPS) is 13.8. The predicted octanol–water partition coefficient (Wildman–Crippen LogP) is 19.2. The number of phosphoric acid groups is 1. The number of allylic oxidation sites excluding steroid dienone is 13. The van der Waals surface area contributed by atoms with Gasteiger partial charge in [0.05, 0.1) is 34.2 Å². The minimum absolute atomic E-state index is 0.00865. The molecule has 2 unspecified atom stereocenters. The van der Waals surface area contributed by atoms with Gasteiger partial charge in [0.25, 0.3) is 7.82 Å². The van der Waals surface area contributed by atoms with Crippen molar-refractivity contribution in [1.82, 2.24) is 0 Å². The van der Waals surface area contributed by atoms with Gasteiger partial charge in [-0.2, -0.15) is 0 Å². The monoisotopic (exact) mass is 1080 g/mol. The molecule has 0 fully saturated rings. The molecule has 0 saturated carbocycles. The maximum Gasteiger partial charge on any atom is 0.310 e. The highest BCUT2D eigenvalue weighted by Gasteiger charge is 2.21. The molecule has 0 N–H and O–H groups in total. The third-order valence-corrected chi connectivity index (χ3v) is 14.4. The van der Waals surface area contributed by atoms with Crippen molar-refractivity contribution >= 4 is 19.8 Å². The molecule has 0 aliphatic heterocycles. The number of nitrogens with zero attached hydrogens (tertiary/aromatic N) is 1. The Balaban J connectivity index is 3.97. The number of rotatable bonds is 57. The molecule has 0 amide bonds. The molecule has 0 aromatic heterocycles. The SMILES string of the molecule is CC/C=C\C/C=C\C/C=C\C/C=C\C/C=C\CC(=O)OC(COC(=O)CCCCCCCCCCCCCCCCCCCCCCCCCCC/C=C\C/C=C\CCCCCCC)COP(=O)([O-])OCC[N+](C)(C)C. The summed E-state index contributed by atoms with van der Waals surface area (Å²) in [5.41, 5.74) is 0. The molecular weight excluding hydrogens is 966 g/mol. The maximum absolute atomic E-state index is 12.7. The van der Waals surface area contributed by atoms with Crippen LogP contribution in [-0.2, 0) is 32.7 Å². The summed E-state index contributed by atoms with van der Waals surface area (Å²) in [6.07, 6.45) is 77.1. The molecular formula is C66H118NO8P. The summed E-state index contributed by atoms with van der Waals surface area (Å²) in [7, 11) is 1.11. The molecule has 10 heteroatoms. The van der Waals surface area contributed by atoms with Gasteiger partial charge in [-0.15, -0.1) is 0 Å². The molecule has 0 bridgehead atoms. The van der Waals surface area contributed by atoms with Crippen molar-refractivity contribution in [2.75, 3.05) is 47.5 Å². The van der Waals surface area contributed by atoms with E-state index in [0.717, 1.165) is 51.4 Å². The number of ether oxygens (including phenoxy) is 2. The molecule has 0 saturated heterocycles. The van der Waals surface area contributed by atoms with Gasteiger partial charge in [-0.1, -0.05) is 272 Å². The van der Waals surface area contributed by atoms with Gasteiger partial charge in [0.2, 0.25) is 0 Å². The summed E-state index contributed by atoms with van der Waals surface area (Å²) in [4.78, 5) is 37.7. The Kier molecular flexibility index (Phi) is 54.8. The first-order chi connectivity index (χ1) is 37.0. The van der Waals surface area contributed by atoms with Crippen LogP contribution in [0.4, 0.5) is 0 Å². The van der Waals surface area contributed by atoms with Crippen LogP contribution in [0, 0.1) is 0 Å². The molecule has 440 valence electrons. The van der Waals surface area contributed by atoms with E-state index < -0.39 is 32.5 Å². The van der Waals surface area contributed by atoms with Gasteiger partial charge < -0.3 is 27.9 Å². The number of phosphoric ester groups is 1. The molecule has 0 aromatic carbocycles. The molecule has 0 aliphatic carbocycles. The smallest absolute Gasteiger partial charge is 0.310 e. The number of carbonyl (C=O) groups is 2. The fourth-order valence-corrected chi connectivity index (χ4v) is 9.38. The first-order valence-electron chi connectivity index (χ1n) is 31.3. The van der Waals surface area contributed by atoms with E-state index in [-0.39, 0.29) is 26.1 Å². The zero-order valence-corrected chi connectivity index (χ0v) is 50.8. The Morgan fingerprint density at radius 2 is 0.789 bits per heavy atom. The second-order valence-electron chi connectivity index (χ2n) is 22.1. The summed E-state index contributed by atoms with van der Waals surface area (Å²) in [5, 5.41) is 0. The highest BCUT2D eigenvalue weighted by molar-refractivity contribution is 7.45. The lowest BCUT2D eigenvalue weighted by Gasteiger charge is -2.28. The predicted molar refractivity (Wildman–Crippen MR) is 323 cm³/mol. The highest BCUT2D eigenvalue weighted by atomic mass is 31.2. The fourth-order valence-electron chi connectivity index (χ4n) is 8.65. The zero-order valence-electron chi connectivity index (χ0n) is 49.9. The van der Waals surface area contributed by atoms with Crippen molar-refractivity contribution in [3.63, 3.8) is 0 Å². The average molecular weight is 1080 g/mol. The Morgan fingerprint density at radius 1 is 0.434 bits per heavy atom. The summed E-state index contributed by atoms with van der Waals surface area (Å²) in [6, 6.07) is 0. The van der Waals surface area contributed by atoms with E-state index in [4.69, 9.17) is 18.5 Å². The number of hydrogen-bond acceptors (Lipinski definition) is 8. The van der Waals surface area contributed by atoms with E-state index in [1.54, 1.807) is 6.08 Å². The molecule has 2 atom stereocenters. The molecule has 0 rings (SSSR count). The van der Waals surface area contributed by atoms with Gasteiger partial charge in [-0.3, -0.25) is 14.2 Å². The van der Waals surface area contributed by atoms with Crippen LogP contribution in [0.2, 0.25) is 0 Å². The van der Waals surface area contributed by atoms with Gasteiger partial charge in [0, 0.05) is 6.42 Å². The average Bonchev–Trinajstić information content (AvgIpc) is 3.38. The van der Waals surface area contributed by atoms with Crippen LogP contribution in [0.25, 0.3) is 0 Å². The Hall–Kier alpha value is -2.81. The first-order valence-corrected chi connectivity index (χ1v) is 32.8. The Bertz CT molecular complexity index is 1560. The molecule has 9 nitrogen and oxygen atoms in total. The van der Waals surface area contributed by atoms with Crippen LogP contribution in [0.3, 0.4) is 0 Å². The van der Waals surface area contributed by atoms with Crippen LogP contribution in [0.1, 0.15) is 271 Å². The third kappa shape index (κ3) is 60.4. The number of carbonyl (C=O) groups excluding carboxylic acids is 2. The van der Waals surface area contributed by atoms with Gasteiger partial charge in [0.1, 0.15) is 19.8 Å². The topological polar surface area (TPSA) is 111 Å². The number of esters is 2. The molecule has 0 spiro atoms. The molecule has 0 aromatic rings. The van der Waals surface area contributed by atoms with Gasteiger partial charge in [-0.05, 0) is 70.6 Å². The lowest BCUT2D eigenvalue weighted by atomic mass is 10.0. The second-order valence-corrected chi connectivity index (χ2v) is 23.5. The van der Waals surface area contributed by atoms with Crippen LogP contribution in [0.15, 0.2) is 85.1 Å². The van der Waals surface area contributed by atoms with Gasteiger partial charge in [-0.25, -0.2) is 0 Å². The molecule has 0 radical (unpaired) electrons. The Morgan fingerprint density at radius 3 is 1.18 bits per heavy atom. The fraction of sp³-hybridized carbons (Fsp3) is 0.758. The number of likely N-dealkylation sites (N-methyl/N-ethyl adjacent to an activating group) is 1. The van der Waals surface area contributed by atoms with E-state index in [9.17, 15) is 19.0 Å². The minimum Gasteiger partial charge on any atom is -0.756 e. The molecule has 0 aliphatic rings. The van der Waals surface area contributed by atoms with Crippen LogP contribution >= 0.6 is 7.82 Å². The maximum atomic E-state index is 12.7. The minimum atomic E-state index is -4.66. The van der Waals surface area contributed by atoms with Crippen LogP contribution < -0.4 is 4.89 Å². The third-order valence-electron chi connectivity index (χ3n) is 13.4. The van der Waals surface area contributed by atoms with Crippen LogP contribution in [0.5, 0.6) is 0 Å². The van der Waals surface area contributed by atoms with Crippen molar-refractivity contribution in [1.29, 1.82) is 0 Å². The Labute approximate surface area is 469 Å². The van der Waals surface area contributed by atoms with Gasteiger partial charge >= 0.3 is 11.9 Å². The van der Waals surface area contributed by atoms with Crippen molar-refractivity contribution in [2.24, 2.45) is 0 Å². The molecule has 76 heavy (non-hydrogen) atoms. The van der Waals surface area contributed by atoms with E-state index >= 15 is 0 Å². The number of unbranched alkanes of at least 4 members (excludes halogenated alkanes) is 30. The summed E-state index contributed by atoms with van der Waals surface area (Å²) < 4.78 is 34.0. The summed E-state index contributed by atoms with van der Waals surface area (Å²) in [5.74, 6) is -0.977. The van der Waals surface area contributed by atoms with Crippen LogP contribution in [-0.4, -0.2) is 70.0 Å². The van der Waals surface area contributed by atoms with Crippen molar-refractivity contribution < 1.29 is 42.1 Å². The van der Waals surface area contributed by atoms with E-state index in [1.165, 1.54) is 186 Å². The summed E-state index contributed by atoms with van der Waals surface area (Å²) >= 11 is 0. The summed E-state index contributed by atoms with van der Waals surface area (Å²) in [6.45, 7) is 4.01. The van der Waals surface area contributed by atoms with Crippen molar-refractivity contribution in [3.8, 4) is 0 Å². The van der Waals surface area contributed by atoms with Crippen molar-refractivity contribution in [3.05, 3.63) is 85.1 Å². The quantitative estimate of drug-likeness (QED) is 0.0195. The first kappa shape index (κ1) is 73.2. The van der Waals surface area contributed by atoms with E-state index in [2.05, 4.69) is 80.7 Å². The van der Waals surface area contributed by atoms with E-state index in [1.807, 2.05) is 33.3 Å².